The normalized spacial score (nSPS) is 10.3. The molecule has 0 unspecified atom stereocenters. The van der Waals surface area contributed by atoms with Gasteiger partial charge in [-0.3, -0.25) is 5.32 Å². The third-order valence-electron chi connectivity index (χ3n) is 3.60. The molecule has 0 fully saturated rings. The van der Waals surface area contributed by atoms with Gasteiger partial charge >= 0.3 is 0 Å². The van der Waals surface area contributed by atoms with E-state index < -0.39 is 0 Å². The van der Waals surface area contributed by atoms with Gasteiger partial charge in [-0.05, 0) is 29.9 Å². The number of hydrogen-bond acceptors (Lipinski definition) is 5. The van der Waals surface area contributed by atoms with Crippen LogP contribution in [0.5, 0.6) is 11.5 Å². The number of thiocarbonyl (C=S) groups is 1. The Hall–Kier alpha value is -3.20. The smallest absolute Gasteiger partial charge is 0.248 e. The highest BCUT2D eigenvalue weighted by molar-refractivity contribution is 7.80. The van der Waals surface area contributed by atoms with E-state index in [0.29, 0.717) is 34.8 Å². The Labute approximate surface area is 161 Å². The summed E-state index contributed by atoms with van der Waals surface area (Å²) in [4.78, 5) is 4.15. The standard InChI is InChI=1S/C18H18FN5O2S/c1-25-15-7-14(8-16(9-15)26-2)21-18(27)22-17-20-11-24(23-17)10-12-4-3-5-13(19)6-12/h3-9,11H,10H2,1-2H3,(H2,21,22,23,27). The molecular weight excluding hydrogens is 369 g/mol. The lowest BCUT2D eigenvalue weighted by Crippen LogP contribution is -2.20. The summed E-state index contributed by atoms with van der Waals surface area (Å²) >= 11 is 5.29. The monoisotopic (exact) mass is 387 g/mol. The Morgan fingerprint density at radius 2 is 1.85 bits per heavy atom. The van der Waals surface area contributed by atoms with Gasteiger partial charge in [0.25, 0.3) is 0 Å². The van der Waals surface area contributed by atoms with Crippen molar-refractivity contribution in [3.63, 3.8) is 0 Å². The van der Waals surface area contributed by atoms with Gasteiger partial charge in [0.15, 0.2) is 5.11 Å². The number of ether oxygens (including phenoxy) is 2. The molecule has 0 atom stereocenters. The molecule has 0 saturated carbocycles. The first-order chi connectivity index (χ1) is 13.1. The molecule has 0 aliphatic heterocycles. The van der Waals surface area contributed by atoms with Crippen molar-refractivity contribution in [2.45, 2.75) is 6.54 Å². The molecule has 0 aliphatic carbocycles. The van der Waals surface area contributed by atoms with Gasteiger partial charge in [-0.1, -0.05) is 12.1 Å². The highest BCUT2D eigenvalue weighted by Crippen LogP contribution is 2.25. The van der Waals surface area contributed by atoms with E-state index in [4.69, 9.17) is 21.7 Å². The summed E-state index contributed by atoms with van der Waals surface area (Å²) in [6.07, 6.45) is 1.55. The Kier molecular flexibility index (Phi) is 5.82. The summed E-state index contributed by atoms with van der Waals surface area (Å²) in [6.45, 7) is 0.402. The number of rotatable bonds is 6. The van der Waals surface area contributed by atoms with Crippen molar-refractivity contribution in [2.75, 3.05) is 24.9 Å². The molecular formula is C18H18FN5O2S. The molecule has 0 bridgehead atoms. The van der Waals surface area contributed by atoms with Crippen LogP contribution in [-0.2, 0) is 6.54 Å². The number of aromatic nitrogens is 3. The van der Waals surface area contributed by atoms with Crippen molar-refractivity contribution in [2.24, 2.45) is 0 Å². The summed E-state index contributed by atoms with van der Waals surface area (Å²) in [5.74, 6) is 1.32. The minimum atomic E-state index is -0.287. The first-order valence-electron chi connectivity index (χ1n) is 8.00. The minimum absolute atomic E-state index is 0.287. The number of nitrogens with one attached hydrogen (secondary N) is 2. The van der Waals surface area contributed by atoms with Crippen molar-refractivity contribution in [3.8, 4) is 11.5 Å². The topological polar surface area (TPSA) is 73.2 Å². The minimum Gasteiger partial charge on any atom is -0.497 e. The molecule has 1 aromatic heterocycles. The molecule has 140 valence electrons. The zero-order valence-corrected chi connectivity index (χ0v) is 15.6. The summed E-state index contributed by atoms with van der Waals surface area (Å²) in [6, 6.07) is 11.7. The predicted octanol–water partition coefficient (Wildman–Crippen LogP) is 3.29. The fraction of sp³-hybridized carbons (Fsp3) is 0.167. The lowest BCUT2D eigenvalue weighted by Gasteiger charge is -2.11. The van der Waals surface area contributed by atoms with E-state index >= 15 is 0 Å². The zero-order chi connectivity index (χ0) is 19.2. The number of benzene rings is 2. The average Bonchev–Trinajstić information content (AvgIpc) is 3.07. The van der Waals surface area contributed by atoms with Crippen LogP contribution in [0.4, 0.5) is 16.0 Å². The number of halogens is 1. The Morgan fingerprint density at radius 3 is 2.52 bits per heavy atom. The average molecular weight is 387 g/mol. The maximum absolute atomic E-state index is 13.3. The van der Waals surface area contributed by atoms with Crippen LogP contribution in [0.1, 0.15) is 5.56 Å². The SMILES string of the molecule is COc1cc(NC(=S)Nc2ncn(Cc3cccc(F)c3)n2)cc(OC)c1. The molecule has 0 aliphatic rings. The van der Waals surface area contributed by atoms with E-state index in [1.165, 1.54) is 12.1 Å². The van der Waals surface area contributed by atoms with Gasteiger partial charge in [-0.15, -0.1) is 5.10 Å². The summed E-state index contributed by atoms with van der Waals surface area (Å²) < 4.78 is 25.3. The molecule has 2 N–H and O–H groups in total. The van der Waals surface area contributed by atoms with Crippen molar-refractivity contribution in [1.29, 1.82) is 0 Å². The van der Waals surface area contributed by atoms with Gasteiger partial charge < -0.3 is 14.8 Å². The van der Waals surface area contributed by atoms with E-state index in [9.17, 15) is 4.39 Å². The third kappa shape index (κ3) is 5.14. The van der Waals surface area contributed by atoms with Gasteiger partial charge in [0.05, 0.1) is 20.8 Å². The van der Waals surface area contributed by atoms with Crippen LogP contribution in [0.3, 0.4) is 0 Å². The summed E-state index contributed by atoms with van der Waals surface area (Å²) in [5, 5.41) is 10.5. The molecule has 3 aromatic rings. The van der Waals surface area contributed by atoms with Gasteiger partial charge in [0, 0.05) is 23.9 Å². The molecule has 27 heavy (non-hydrogen) atoms. The molecule has 2 aromatic carbocycles. The maximum Gasteiger partial charge on any atom is 0.248 e. The van der Waals surface area contributed by atoms with Crippen LogP contribution in [-0.4, -0.2) is 34.1 Å². The quantitative estimate of drug-likeness (QED) is 0.629. The van der Waals surface area contributed by atoms with Crippen LogP contribution >= 0.6 is 12.2 Å². The van der Waals surface area contributed by atoms with Crippen LogP contribution in [0.15, 0.2) is 48.8 Å². The molecule has 1 heterocycles. The summed E-state index contributed by atoms with van der Waals surface area (Å²) in [7, 11) is 3.15. The predicted molar refractivity (Wildman–Crippen MR) is 105 cm³/mol. The molecule has 0 radical (unpaired) electrons. The second-order valence-corrected chi connectivity index (χ2v) is 5.98. The third-order valence-corrected chi connectivity index (χ3v) is 3.81. The second-order valence-electron chi connectivity index (χ2n) is 5.58. The molecule has 0 amide bonds. The number of nitrogens with zero attached hydrogens (tertiary/aromatic N) is 3. The van der Waals surface area contributed by atoms with Crippen molar-refractivity contribution in [3.05, 3.63) is 60.2 Å². The van der Waals surface area contributed by atoms with E-state index in [0.717, 1.165) is 5.56 Å². The molecule has 0 spiro atoms. The molecule has 7 nitrogen and oxygen atoms in total. The zero-order valence-electron chi connectivity index (χ0n) is 14.8. The summed E-state index contributed by atoms with van der Waals surface area (Å²) in [5.41, 5.74) is 1.48. The fourth-order valence-electron chi connectivity index (χ4n) is 2.39. The van der Waals surface area contributed by atoms with Gasteiger partial charge in [-0.25, -0.2) is 14.1 Å². The highest BCUT2D eigenvalue weighted by atomic mass is 32.1. The van der Waals surface area contributed by atoms with E-state index in [-0.39, 0.29) is 5.82 Å². The van der Waals surface area contributed by atoms with Gasteiger partial charge in [-0.2, -0.15) is 0 Å². The second kappa shape index (κ2) is 8.45. The maximum atomic E-state index is 13.3. The van der Waals surface area contributed by atoms with Crippen LogP contribution < -0.4 is 20.1 Å². The van der Waals surface area contributed by atoms with Gasteiger partial charge in [0.2, 0.25) is 5.95 Å². The number of hydrogen-bond donors (Lipinski definition) is 2. The van der Waals surface area contributed by atoms with Crippen LogP contribution in [0.25, 0.3) is 0 Å². The molecule has 3 rings (SSSR count). The van der Waals surface area contributed by atoms with E-state index in [1.807, 2.05) is 6.07 Å². The lowest BCUT2D eigenvalue weighted by molar-refractivity contribution is 0.395. The fourth-order valence-corrected chi connectivity index (χ4v) is 2.60. The van der Waals surface area contributed by atoms with Crippen molar-refractivity contribution < 1.29 is 13.9 Å². The lowest BCUT2D eigenvalue weighted by atomic mass is 10.2. The molecule has 0 saturated heterocycles. The number of anilines is 2. The van der Waals surface area contributed by atoms with Gasteiger partial charge in [0.1, 0.15) is 23.6 Å². The number of methoxy groups -OCH3 is 2. The first kappa shape index (κ1) is 18.6. The van der Waals surface area contributed by atoms with Crippen molar-refractivity contribution in [1.82, 2.24) is 14.8 Å². The Balaban J connectivity index is 1.62. The van der Waals surface area contributed by atoms with E-state index in [1.54, 1.807) is 49.5 Å². The Bertz CT molecular complexity index is 925. The first-order valence-corrected chi connectivity index (χ1v) is 8.41. The van der Waals surface area contributed by atoms with Crippen LogP contribution in [0, 0.1) is 5.82 Å². The Morgan fingerprint density at radius 1 is 1.11 bits per heavy atom. The van der Waals surface area contributed by atoms with Crippen LogP contribution in [0.2, 0.25) is 0 Å². The van der Waals surface area contributed by atoms with Crippen molar-refractivity contribution >= 4 is 29.0 Å². The largest absolute Gasteiger partial charge is 0.497 e. The highest BCUT2D eigenvalue weighted by Gasteiger charge is 2.07. The van der Waals surface area contributed by atoms with E-state index in [2.05, 4.69) is 20.7 Å². The molecule has 9 heteroatoms.